The monoisotopic (exact) mass is 407 g/mol. The average Bonchev–Trinajstić information content (AvgIpc) is 3.02. The summed E-state index contributed by atoms with van der Waals surface area (Å²) < 4.78 is 0.903. The molecule has 1 aromatic carbocycles. The molecule has 2 aliphatic rings. The third kappa shape index (κ3) is 3.56. The van der Waals surface area contributed by atoms with Gasteiger partial charge >= 0.3 is 0 Å². The molecule has 0 radical (unpaired) electrons. The zero-order chi connectivity index (χ0) is 18.1. The molecule has 0 saturated carbocycles. The summed E-state index contributed by atoms with van der Waals surface area (Å²) in [5.74, 6) is -0.262. The van der Waals surface area contributed by atoms with E-state index in [1.165, 1.54) is 0 Å². The molecule has 0 spiro atoms. The molecule has 2 N–H and O–H groups in total. The number of carbonyl (C=O) groups excluding carboxylic acids is 3. The van der Waals surface area contributed by atoms with Gasteiger partial charge in [0.1, 0.15) is 12.1 Å². The van der Waals surface area contributed by atoms with Crippen molar-refractivity contribution in [1.29, 1.82) is 0 Å². The maximum Gasteiger partial charge on any atom is 0.251 e. The lowest BCUT2D eigenvalue weighted by atomic mass is 9.95. The van der Waals surface area contributed by atoms with Crippen molar-refractivity contribution in [3.05, 3.63) is 34.3 Å². The minimum atomic E-state index is -0.483. The van der Waals surface area contributed by atoms with Crippen molar-refractivity contribution < 1.29 is 14.4 Å². The van der Waals surface area contributed by atoms with Gasteiger partial charge in [-0.2, -0.15) is 0 Å². The number of rotatable bonds is 4. The lowest BCUT2D eigenvalue weighted by Crippen LogP contribution is -2.62. The van der Waals surface area contributed by atoms with E-state index in [1.807, 2.05) is 13.8 Å². The van der Waals surface area contributed by atoms with E-state index in [0.29, 0.717) is 18.5 Å². The number of nitrogens with one attached hydrogen (secondary N) is 2. The quantitative estimate of drug-likeness (QED) is 0.796. The molecule has 0 unspecified atom stereocenters. The van der Waals surface area contributed by atoms with Crippen molar-refractivity contribution in [1.82, 2.24) is 15.5 Å². The van der Waals surface area contributed by atoms with Crippen molar-refractivity contribution in [2.75, 3.05) is 6.54 Å². The van der Waals surface area contributed by atoms with Gasteiger partial charge in [0.15, 0.2) is 0 Å². The first-order valence-corrected chi connectivity index (χ1v) is 9.37. The zero-order valence-electron chi connectivity index (χ0n) is 14.3. The van der Waals surface area contributed by atoms with Crippen LogP contribution in [0.2, 0.25) is 0 Å². The summed E-state index contributed by atoms with van der Waals surface area (Å²) in [6.45, 7) is 4.35. The molecule has 0 bridgehead atoms. The Morgan fingerprint density at radius 1 is 1.36 bits per heavy atom. The summed E-state index contributed by atoms with van der Waals surface area (Å²) in [4.78, 5) is 39.0. The second-order valence-electron chi connectivity index (χ2n) is 6.79. The van der Waals surface area contributed by atoms with Crippen LogP contribution in [0.1, 0.15) is 37.0 Å². The van der Waals surface area contributed by atoms with E-state index in [-0.39, 0.29) is 29.7 Å². The van der Waals surface area contributed by atoms with E-state index in [4.69, 9.17) is 0 Å². The molecule has 3 rings (SSSR count). The van der Waals surface area contributed by atoms with Crippen LogP contribution >= 0.6 is 15.9 Å². The Morgan fingerprint density at radius 2 is 2.04 bits per heavy atom. The van der Waals surface area contributed by atoms with Crippen molar-refractivity contribution in [3.63, 3.8) is 0 Å². The lowest BCUT2D eigenvalue weighted by Gasteiger charge is -2.36. The highest BCUT2D eigenvalue weighted by atomic mass is 79.9. The maximum atomic E-state index is 12.7. The number of fused-ring (bicyclic) bond motifs is 1. The van der Waals surface area contributed by atoms with Crippen molar-refractivity contribution in [3.8, 4) is 0 Å². The molecular weight excluding hydrogens is 386 g/mol. The van der Waals surface area contributed by atoms with E-state index in [0.717, 1.165) is 10.9 Å². The van der Waals surface area contributed by atoms with Crippen LogP contribution in [0.4, 0.5) is 0 Å². The predicted octanol–water partition coefficient (Wildman–Crippen LogP) is 1.69. The van der Waals surface area contributed by atoms with E-state index < -0.39 is 12.1 Å². The van der Waals surface area contributed by atoms with Crippen LogP contribution < -0.4 is 10.6 Å². The first-order chi connectivity index (χ1) is 11.9. The van der Waals surface area contributed by atoms with E-state index >= 15 is 0 Å². The van der Waals surface area contributed by atoms with Crippen LogP contribution in [0.3, 0.4) is 0 Å². The molecule has 2 fully saturated rings. The van der Waals surface area contributed by atoms with Gasteiger partial charge in [-0.15, -0.1) is 0 Å². The number of carbonyl (C=O) groups is 3. The van der Waals surface area contributed by atoms with Gasteiger partial charge in [0, 0.05) is 22.6 Å². The number of piperazine rings is 1. The minimum Gasteiger partial charge on any atom is -0.347 e. The zero-order valence-corrected chi connectivity index (χ0v) is 15.9. The maximum absolute atomic E-state index is 12.7. The molecule has 2 aliphatic heterocycles. The Morgan fingerprint density at radius 3 is 2.68 bits per heavy atom. The Balaban J connectivity index is 1.68. The summed E-state index contributed by atoms with van der Waals surface area (Å²) >= 11 is 3.34. The van der Waals surface area contributed by atoms with Gasteiger partial charge in [-0.05, 0) is 36.6 Å². The number of amides is 3. The Labute approximate surface area is 155 Å². The van der Waals surface area contributed by atoms with Crippen molar-refractivity contribution in [2.45, 2.75) is 44.8 Å². The van der Waals surface area contributed by atoms with E-state index in [2.05, 4.69) is 26.6 Å². The highest BCUT2D eigenvalue weighted by Crippen LogP contribution is 2.26. The van der Waals surface area contributed by atoms with Crippen LogP contribution in [-0.4, -0.2) is 47.3 Å². The van der Waals surface area contributed by atoms with Gasteiger partial charge in [-0.1, -0.05) is 36.2 Å². The standard InChI is InChI=1S/C18H22BrN3O3/c1-3-10(2)15-18(25)22-9-13(8-14(22)17(24)21-15)20-16(23)11-4-6-12(19)7-5-11/h4-7,10,13-15H,3,8-9H2,1-2H3,(H,20,23)(H,21,24)/t10-,13-,14-,15-/m0/s1. The molecular formula is C18H22BrN3O3. The van der Waals surface area contributed by atoms with Gasteiger partial charge < -0.3 is 15.5 Å². The summed E-state index contributed by atoms with van der Waals surface area (Å²) in [5.41, 5.74) is 0.557. The van der Waals surface area contributed by atoms with Crippen molar-refractivity contribution >= 4 is 33.7 Å². The molecule has 25 heavy (non-hydrogen) atoms. The molecule has 1 aromatic rings. The van der Waals surface area contributed by atoms with Crippen LogP contribution in [0.25, 0.3) is 0 Å². The van der Waals surface area contributed by atoms with Crippen LogP contribution in [0.15, 0.2) is 28.7 Å². The molecule has 0 aliphatic carbocycles. The van der Waals surface area contributed by atoms with Gasteiger partial charge in [0.05, 0.1) is 0 Å². The summed E-state index contributed by atoms with van der Waals surface area (Å²) in [6.07, 6.45) is 1.27. The first-order valence-electron chi connectivity index (χ1n) is 8.58. The molecule has 3 amide bonds. The fourth-order valence-electron chi connectivity index (χ4n) is 3.41. The first kappa shape index (κ1) is 17.9. The largest absolute Gasteiger partial charge is 0.347 e. The average molecular weight is 408 g/mol. The molecule has 134 valence electrons. The van der Waals surface area contributed by atoms with E-state index in [1.54, 1.807) is 29.2 Å². The third-order valence-corrected chi connectivity index (χ3v) is 5.63. The molecule has 6 nitrogen and oxygen atoms in total. The topological polar surface area (TPSA) is 78.5 Å². The van der Waals surface area contributed by atoms with Gasteiger partial charge in [-0.3, -0.25) is 14.4 Å². The lowest BCUT2D eigenvalue weighted by molar-refractivity contribution is -0.148. The van der Waals surface area contributed by atoms with Gasteiger partial charge in [0.2, 0.25) is 11.8 Å². The van der Waals surface area contributed by atoms with Crippen LogP contribution in [-0.2, 0) is 9.59 Å². The number of benzene rings is 1. The number of halogens is 1. The molecule has 7 heteroatoms. The van der Waals surface area contributed by atoms with Gasteiger partial charge in [0.25, 0.3) is 5.91 Å². The van der Waals surface area contributed by atoms with Crippen molar-refractivity contribution in [2.24, 2.45) is 5.92 Å². The predicted molar refractivity (Wildman–Crippen MR) is 96.9 cm³/mol. The highest BCUT2D eigenvalue weighted by molar-refractivity contribution is 9.10. The molecule has 2 heterocycles. The van der Waals surface area contributed by atoms with Crippen LogP contribution in [0.5, 0.6) is 0 Å². The number of hydrogen-bond acceptors (Lipinski definition) is 3. The SMILES string of the molecule is CC[C@H](C)[C@@H]1NC(=O)[C@@H]2C[C@H](NC(=O)c3ccc(Br)cc3)CN2C1=O. The van der Waals surface area contributed by atoms with Gasteiger partial charge in [-0.25, -0.2) is 0 Å². The highest BCUT2D eigenvalue weighted by Gasteiger charge is 2.47. The third-order valence-electron chi connectivity index (χ3n) is 5.11. The molecule has 0 aromatic heterocycles. The minimum absolute atomic E-state index is 0.0423. The fraction of sp³-hybridized carbons (Fsp3) is 0.500. The Hall–Kier alpha value is -1.89. The Kier molecular flexibility index (Phi) is 5.13. The summed E-state index contributed by atoms with van der Waals surface area (Å²) in [7, 11) is 0. The normalized spacial score (nSPS) is 26.8. The number of hydrogen-bond donors (Lipinski definition) is 2. The molecule has 2 saturated heterocycles. The summed E-state index contributed by atoms with van der Waals surface area (Å²) in [6, 6.07) is 5.92. The summed E-state index contributed by atoms with van der Waals surface area (Å²) in [5, 5.41) is 5.79. The van der Waals surface area contributed by atoms with Crippen LogP contribution in [0, 0.1) is 5.92 Å². The Bertz CT molecular complexity index is 691. The smallest absolute Gasteiger partial charge is 0.251 e. The van der Waals surface area contributed by atoms with E-state index in [9.17, 15) is 14.4 Å². The fourth-order valence-corrected chi connectivity index (χ4v) is 3.68. The molecule has 4 atom stereocenters. The second-order valence-corrected chi connectivity index (χ2v) is 7.71. The number of nitrogens with zero attached hydrogens (tertiary/aromatic N) is 1. The second kappa shape index (κ2) is 7.15.